The summed E-state index contributed by atoms with van der Waals surface area (Å²) in [7, 11) is 0. The van der Waals surface area contributed by atoms with Crippen molar-refractivity contribution in [1.82, 2.24) is 5.32 Å². The second-order valence-electron chi connectivity index (χ2n) is 2.70. The molecule has 0 aliphatic heterocycles. The first-order chi connectivity index (χ1) is 6.24. The van der Waals surface area contributed by atoms with Crippen molar-refractivity contribution in [3.8, 4) is 0 Å². The molecule has 1 aromatic rings. The minimum Gasteiger partial charge on any atom is -0.329 e. The van der Waals surface area contributed by atoms with Crippen molar-refractivity contribution < 1.29 is 4.39 Å². The Morgan fingerprint density at radius 2 is 2.23 bits per heavy atom. The number of halogens is 2. The Morgan fingerprint density at radius 3 is 2.85 bits per heavy atom. The van der Waals surface area contributed by atoms with Crippen LogP contribution in [0.3, 0.4) is 0 Å². The minimum atomic E-state index is -0.281. The van der Waals surface area contributed by atoms with Crippen molar-refractivity contribution in [3.05, 3.63) is 34.6 Å². The molecule has 3 N–H and O–H groups in total. The number of hydrogen-bond donors (Lipinski definition) is 2. The number of benzene rings is 1. The van der Waals surface area contributed by atoms with Gasteiger partial charge in [-0.25, -0.2) is 4.39 Å². The molecule has 1 aromatic carbocycles. The fraction of sp³-hybridized carbons (Fsp3) is 0.333. The first-order valence-electron chi connectivity index (χ1n) is 4.08. The summed E-state index contributed by atoms with van der Waals surface area (Å²) in [5, 5.41) is 3.42. The second kappa shape index (κ2) is 5.17. The molecule has 0 unspecified atom stereocenters. The molecule has 13 heavy (non-hydrogen) atoms. The third kappa shape index (κ3) is 3.30. The standard InChI is InChI=1S/C9H12ClFN2/c10-8-2-1-7(9(11)5-8)6-13-4-3-12/h1-2,5,13H,3-4,6,12H2. The fourth-order valence-electron chi connectivity index (χ4n) is 0.990. The van der Waals surface area contributed by atoms with Crippen molar-refractivity contribution in [3.63, 3.8) is 0 Å². The summed E-state index contributed by atoms with van der Waals surface area (Å²) in [4.78, 5) is 0. The van der Waals surface area contributed by atoms with E-state index >= 15 is 0 Å². The average molecular weight is 203 g/mol. The van der Waals surface area contributed by atoms with Crippen molar-refractivity contribution in [2.45, 2.75) is 6.54 Å². The van der Waals surface area contributed by atoms with E-state index in [0.29, 0.717) is 30.2 Å². The topological polar surface area (TPSA) is 38.0 Å². The van der Waals surface area contributed by atoms with E-state index < -0.39 is 0 Å². The van der Waals surface area contributed by atoms with E-state index in [0.717, 1.165) is 0 Å². The number of nitrogens with one attached hydrogen (secondary N) is 1. The highest BCUT2D eigenvalue weighted by molar-refractivity contribution is 6.30. The molecule has 0 spiro atoms. The van der Waals surface area contributed by atoms with Gasteiger partial charge in [0, 0.05) is 30.2 Å². The summed E-state index contributed by atoms with van der Waals surface area (Å²) < 4.78 is 13.1. The van der Waals surface area contributed by atoms with Gasteiger partial charge in [-0.1, -0.05) is 17.7 Å². The van der Waals surface area contributed by atoms with Crippen LogP contribution in [-0.4, -0.2) is 13.1 Å². The molecule has 0 aromatic heterocycles. The quantitative estimate of drug-likeness (QED) is 0.727. The number of rotatable bonds is 4. The SMILES string of the molecule is NCCNCc1ccc(Cl)cc1F. The minimum absolute atomic E-state index is 0.281. The molecule has 0 fully saturated rings. The van der Waals surface area contributed by atoms with E-state index in [4.69, 9.17) is 17.3 Å². The van der Waals surface area contributed by atoms with Gasteiger partial charge in [-0.3, -0.25) is 0 Å². The Hall–Kier alpha value is -0.640. The van der Waals surface area contributed by atoms with Gasteiger partial charge in [-0.2, -0.15) is 0 Å². The molecular formula is C9H12ClFN2. The normalized spacial score (nSPS) is 10.4. The Bertz CT molecular complexity index is 278. The predicted molar refractivity (Wildman–Crippen MR) is 52.2 cm³/mol. The van der Waals surface area contributed by atoms with Gasteiger partial charge in [0.15, 0.2) is 0 Å². The molecule has 4 heteroatoms. The van der Waals surface area contributed by atoms with E-state index in [1.54, 1.807) is 12.1 Å². The monoisotopic (exact) mass is 202 g/mol. The lowest BCUT2D eigenvalue weighted by molar-refractivity contribution is 0.590. The van der Waals surface area contributed by atoms with Gasteiger partial charge in [0.2, 0.25) is 0 Å². The number of hydrogen-bond acceptors (Lipinski definition) is 2. The molecule has 72 valence electrons. The first-order valence-corrected chi connectivity index (χ1v) is 4.46. The first kappa shape index (κ1) is 10.4. The Kier molecular flexibility index (Phi) is 4.15. The summed E-state index contributed by atoms with van der Waals surface area (Å²) in [6.45, 7) is 1.72. The Morgan fingerprint density at radius 1 is 1.46 bits per heavy atom. The van der Waals surface area contributed by atoms with Gasteiger partial charge in [-0.15, -0.1) is 0 Å². The van der Waals surface area contributed by atoms with Gasteiger partial charge in [0.1, 0.15) is 5.82 Å². The van der Waals surface area contributed by atoms with Crippen LogP contribution in [0.4, 0.5) is 4.39 Å². The maximum atomic E-state index is 13.1. The van der Waals surface area contributed by atoms with Crippen LogP contribution >= 0.6 is 11.6 Å². The Balaban J connectivity index is 2.56. The second-order valence-corrected chi connectivity index (χ2v) is 3.14. The van der Waals surface area contributed by atoms with Gasteiger partial charge in [0.05, 0.1) is 0 Å². The summed E-state index contributed by atoms with van der Waals surface area (Å²) in [5.41, 5.74) is 5.89. The fourth-order valence-corrected chi connectivity index (χ4v) is 1.15. The van der Waals surface area contributed by atoms with Crippen LogP contribution < -0.4 is 11.1 Å². The van der Waals surface area contributed by atoms with Crippen LogP contribution in [-0.2, 0) is 6.54 Å². The lowest BCUT2D eigenvalue weighted by Crippen LogP contribution is -2.22. The van der Waals surface area contributed by atoms with Crippen molar-refractivity contribution >= 4 is 11.6 Å². The predicted octanol–water partition coefficient (Wildman–Crippen LogP) is 1.53. The van der Waals surface area contributed by atoms with Gasteiger partial charge in [0.25, 0.3) is 0 Å². The third-order valence-corrected chi connectivity index (χ3v) is 1.89. The molecule has 0 amide bonds. The molecule has 0 heterocycles. The van der Waals surface area contributed by atoms with Crippen molar-refractivity contribution in [2.75, 3.05) is 13.1 Å². The lowest BCUT2D eigenvalue weighted by Gasteiger charge is -2.04. The average Bonchev–Trinajstić information content (AvgIpc) is 2.09. The molecule has 0 atom stereocenters. The van der Waals surface area contributed by atoms with Crippen LogP contribution in [0.25, 0.3) is 0 Å². The highest BCUT2D eigenvalue weighted by Crippen LogP contribution is 2.14. The molecule has 0 saturated heterocycles. The van der Waals surface area contributed by atoms with Crippen molar-refractivity contribution in [2.24, 2.45) is 5.73 Å². The molecule has 2 nitrogen and oxygen atoms in total. The zero-order chi connectivity index (χ0) is 9.68. The van der Waals surface area contributed by atoms with Gasteiger partial charge < -0.3 is 11.1 Å². The molecule has 1 rings (SSSR count). The molecule has 0 saturated carbocycles. The summed E-state index contributed by atoms with van der Waals surface area (Å²) in [6.07, 6.45) is 0. The number of nitrogens with two attached hydrogens (primary N) is 1. The summed E-state index contributed by atoms with van der Waals surface area (Å²) >= 11 is 5.60. The van der Waals surface area contributed by atoms with Crippen LogP contribution in [0.1, 0.15) is 5.56 Å². The largest absolute Gasteiger partial charge is 0.329 e. The highest BCUT2D eigenvalue weighted by Gasteiger charge is 2.01. The van der Waals surface area contributed by atoms with E-state index in [2.05, 4.69) is 5.32 Å². The maximum Gasteiger partial charge on any atom is 0.129 e. The molecule has 0 aliphatic carbocycles. The van der Waals surface area contributed by atoms with Crippen molar-refractivity contribution in [1.29, 1.82) is 0 Å². The van der Waals surface area contributed by atoms with E-state index in [9.17, 15) is 4.39 Å². The van der Waals surface area contributed by atoms with Crippen LogP contribution in [0.15, 0.2) is 18.2 Å². The zero-order valence-electron chi connectivity index (χ0n) is 7.19. The zero-order valence-corrected chi connectivity index (χ0v) is 7.94. The molecular weight excluding hydrogens is 191 g/mol. The van der Waals surface area contributed by atoms with E-state index in [-0.39, 0.29) is 5.82 Å². The summed E-state index contributed by atoms with van der Waals surface area (Å²) in [5.74, 6) is -0.281. The molecule has 0 radical (unpaired) electrons. The van der Waals surface area contributed by atoms with Gasteiger partial charge >= 0.3 is 0 Å². The van der Waals surface area contributed by atoms with Crippen LogP contribution in [0.5, 0.6) is 0 Å². The Labute approximate surface area is 81.9 Å². The third-order valence-electron chi connectivity index (χ3n) is 1.65. The molecule has 0 bridgehead atoms. The molecule has 0 aliphatic rings. The van der Waals surface area contributed by atoms with E-state index in [1.807, 2.05) is 0 Å². The highest BCUT2D eigenvalue weighted by atomic mass is 35.5. The maximum absolute atomic E-state index is 13.1. The smallest absolute Gasteiger partial charge is 0.129 e. The summed E-state index contributed by atoms with van der Waals surface area (Å²) in [6, 6.07) is 4.65. The van der Waals surface area contributed by atoms with Gasteiger partial charge in [-0.05, 0) is 12.1 Å². The van der Waals surface area contributed by atoms with Crippen LogP contribution in [0, 0.1) is 5.82 Å². The van der Waals surface area contributed by atoms with Crippen LogP contribution in [0.2, 0.25) is 5.02 Å². The van der Waals surface area contributed by atoms with E-state index in [1.165, 1.54) is 6.07 Å². The lowest BCUT2D eigenvalue weighted by atomic mass is 10.2.